The van der Waals surface area contributed by atoms with Gasteiger partial charge in [-0.2, -0.15) is 0 Å². The molecule has 0 aromatic heterocycles. The van der Waals surface area contributed by atoms with Crippen molar-refractivity contribution in [1.82, 2.24) is 0 Å². The number of Topliss-reactive ketones (excluding diaryl/α,β-unsaturated/α-hetero) is 1. The van der Waals surface area contributed by atoms with E-state index < -0.39 is 0 Å². The van der Waals surface area contributed by atoms with E-state index in [0.717, 1.165) is 11.1 Å². The first kappa shape index (κ1) is 11.9. The fraction of sp³-hybridized carbons (Fsp3) is 0.462. The fourth-order valence-corrected chi connectivity index (χ4v) is 1.24. The summed E-state index contributed by atoms with van der Waals surface area (Å²) in [6, 6.07) is 5.74. The molecular weight excluding hydrogens is 188 g/mol. The lowest BCUT2D eigenvalue weighted by molar-refractivity contribution is 0.0585. The molecule has 0 N–H and O–H groups in total. The average molecular weight is 206 g/mol. The standard InChI is InChI=1S/C13H18O2/c1-9(2)15-8-13(14)12-6-5-10(3)11(4)7-12/h5-7,9H,8H2,1-4H3. The van der Waals surface area contributed by atoms with Crippen LogP contribution in [0.3, 0.4) is 0 Å². The summed E-state index contributed by atoms with van der Waals surface area (Å²) in [5, 5.41) is 0. The van der Waals surface area contributed by atoms with Crippen molar-refractivity contribution < 1.29 is 9.53 Å². The molecule has 0 bridgehead atoms. The quantitative estimate of drug-likeness (QED) is 0.708. The van der Waals surface area contributed by atoms with E-state index >= 15 is 0 Å². The molecule has 1 aromatic carbocycles. The molecule has 1 rings (SSSR count). The van der Waals surface area contributed by atoms with Crippen molar-refractivity contribution in [2.45, 2.75) is 33.8 Å². The average Bonchev–Trinajstić information content (AvgIpc) is 2.18. The van der Waals surface area contributed by atoms with Crippen LogP contribution in [0.5, 0.6) is 0 Å². The van der Waals surface area contributed by atoms with Crippen molar-refractivity contribution in [1.29, 1.82) is 0 Å². The van der Waals surface area contributed by atoms with E-state index in [9.17, 15) is 4.79 Å². The van der Waals surface area contributed by atoms with Gasteiger partial charge in [0.05, 0.1) is 6.10 Å². The molecule has 0 amide bonds. The van der Waals surface area contributed by atoms with E-state index in [1.54, 1.807) is 0 Å². The number of rotatable bonds is 4. The third-order valence-corrected chi connectivity index (χ3v) is 2.38. The van der Waals surface area contributed by atoms with E-state index in [-0.39, 0.29) is 18.5 Å². The first-order valence-electron chi connectivity index (χ1n) is 5.22. The third kappa shape index (κ3) is 3.48. The molecule has 0 spiro atoms. The van der Waals surface area contributed by atoms with Gasteiger partial charge in [-0.1, -0.05) is 12.1 Å². The summed E-state index contributed by atoms with van der Waals surface area (Å²) >= 11 is 0. The second kappa shape index (κ2) is 5.08. The minimum Gasteiger partial charge on any atom is -0.371 e. The Morgan fingerprint density at radius 2 is 1.93 bits per heavy atom. The largest absolute Gasteiger partial charge is 0.371 e. The number of carbonyl (C=O) groups is 1. The molecule has 0 aliphatic carbocycles. The van der Waals surface area contributed by atoms with Crippen LogP contribution in [0, 0.1) is 13.8 Å². The Kier molecular flexibility index (Phi) is 4.04. The molecule has 0 unspecified atom stereocenters. The van der Waals surface area contributed by atoms with Crippen molar-refractivity contribution in [3.05, 3.63) is 34.9 Å². The smallest absolute Gasteiger partial charge is 0.188 e. The first-order valence-corrected chi connectivity index (χ1v) is 5.22. The second-order valence-corrected chi connectivity index (χ2v) is 4.08. The molecule has 0 atom stereocenters. The Hall–Kier alpha value is -1.15. The van der Waals surface area contributed by atoms with Gasteiger partial charge < -0.3 is 4.74 Å². The van der Waals surface area contributed by atoms with Crippen LogP contribution in [0.15, 0.2) is 18.2 Å². The summed E-state index contributed by atoms with van der Waals surface area (Å²) in [5.41, 5.74) is 3.08. The summed E-state index contributed by atoms with van der Waals surface area (Å²) in [4.78, 5) is 11.7. The Morgan fingerprint density at radius 1 is 1.27 bits per heavy atom. The molecule has 0 radical (unpaired) electrons. The zero-order valence-corrected chi connectivity index (χ0v) is 9.83. The summed E-state index contributed by atoms with van der Waals surface area (Å²) < 4.78 is 5.28. The van der Waals surface area contributed by atoms with Crippen LogP contribution in [-0.4, -0.2) is 18.5 Å². The van der Waals surface area contributed by atoms with E-state index in [4.69, 9.17) is 4.74 Å². The zero-order valence-electron chi connectivity index (χ0n) is 9.83. The highest BCUT2D eigenvalue weighted by atomic mass is 16.5. The third-order valence-electron chi connectivity index (χ3n) is 2.38. The minimum absolute atomic E-state index is 0.0480. The second-order valence-electron chi connectivity index (χ2n) is 4.08. The van der Waals surface area contributed by atoms with E-state index in [2.05, 4.69) is 0 Å². The van der Waals surface area contributed by atoms with Gasteiger partial charge >= 0.3 is 0 Å². The number of ether oxygens (including phenoxy) is 1. The van der Waals surface area contributed by atoms with Crippen LogP contribution in [0.25, 0.3) is 0 Å². The molecule has 0 aliphatic heterocycles. The summed E-state index contributed by atoms with van der Waals surface area (Å²) in [6.07, 6.45) is 0.0977. The zero-order chi connectivity index (χ0) is 11.4. The number of ketones is 1. The van der Waals surface area contributed by atoms with Gasteiger partial charge in [-0.05, 0) is 44.9 Å². The molecule has 82 valence electrons. The van der Waals surface area contributed by atoms with Crippen molar-refractivity contribution in [3.8, 4) is 0 Å². The summed E-state index contributed by atoms with van der Waals surface area (Å²) in [6.45, 7) is 8.06. The van der Waals surface area contributed by atoms with E-state index in [1.165, 1.54) is 5.56 Å². The lowest BCUT2D eigenvalue weighted by Gasteiger charge is -2.07. The van der Waals surface area contributed by atoms with Gasteiger partial charge in [-0.25, -0.2) is 0 Å². The maximum absolute atomic E-state index is 11.7. The van der Waals surface area contributed by atoms with Gasteiger partial charge in [0.15, 0.2) is 5.78 Å². The molecule has 0 saturated heterocycles. The number of hydrogen-bond acceptors (Lipinski definition) is 2. The summed E-state index contributed by atoms with van der Waals surface area (Å²) in [5.74, 6) is 0.0480. The van der Waals surface area contributed by atoms with Gasteiger partial charge in [0.1, 0.15) is 6.61 Å². The van der Waals surface area contributed by atoms with Crippen LogP contribution in [-0.2, 0) is 4.74 Å². The molecule has 0 saturated carbocycles. The van der Waals surface area contributed by atoms with Crippen LogP contribution in [0.2, 0.25) is 0 Å². The van der Waals surface area contributed by atoms with Gasteiger partial charge in [-0.3, -0.25) is 4.79 Å². The Morgan fingerprint density at radius 3 is 2.47 bits per heavy atom. The predicted molar refractivity (Wildman–Crippen MR) is 61.3 cm³/mol. The van der Waals surface area contributed by atoms with Crippen molar-refractivity contribution >= 4 is 5.78 Å². The summed E-state index contributed by atoms with van der Waals surface area (Å²) in [7, 11) is 0. The fourth-order valence-electron chi connectivity index (χ4n) is 1.24. The molecule has 0 aliphatic rings. The predicted octanol–water partition coefficient (Wildman–Crippen LogP) is 2.91. The van der Waals surface area contributed by atoms with Crippen molar-refractivity contribution in [2.75, 3.05) is 6.61 Å². The molecule has 2 heteroatoms. The number of hydrogen-bond donors (Lipinski definition) is 0. The molecular formula is C13H18O2. The van der Waals surface area contributed by atoms with Crippen molar-refractivity contribution in [3.63, 3.8) is 0 Å². The van der Waals surface area contributed by atoms with Crippen LogP contribution < -0.4 is 0 Å². The van der Waals surface area contributed by atoms with Crippen molar-refractivity contribution in [2.24, 2.45) is 0 Å². The van der Waals surface area contributed by atoms with Gasteiger partial charge in [0.2, 0.25) is 0 Å². The minimum atomic E-state index is 0.0480. The van der Waals surface area contributed by atoms with Crippen LogP contribution in [0.4, 0.5) is 0 Å². The first-order chi connectivity index (χ1) is 7.00. The normalized spacial score (nSPS) is 10.7. The molecule has 15 heavy (non-hydrogen) atoms. The number of aryl methyl sites for hydroxylation is 2. The Labute approximate surface area is 91.3 Å². The van der Waals surface area contributed by atoms with E-state index in [0.29, 0.717) is 0 Å². The molecule has 0 heterocycles. The molecule has 2 nitrogen and oxygen atoms in total. The van der Waals surface area contributed by atoms with E-state index in [1.807, 2.05) is 45.9 Å². The maximum atomic E-state index is 11.7. The Bertz CT molecular complexity index is 354. The highest BCUT2D eigenvalue weighted by molar-refractivity contribution is 5.97. The Balaban J connectivity index is 2.70. The lowest BCUT2D eigenvalue weighted by Crippen LogP contribution is -2.13. The van der Waals surface area contributed by atoms with Crippen LogP contribution >= 0.6 is 0 Å². The highest BCUT2D eigenvalue weighted by Crippen LogP contribution is 2.10. The monoisotopic (exact) mass is 206 g/mol. The van der Waals surface area contributed by atoms with Gasteiger partial charge in [0, 0.05) is 5.56 Å². The van der Waals surface area contributed by atoms with Crippen LogP contribution in [0.1, 0.15) is 35.3 Å². The maximum Gasteiger partial charge on any atom is 0.188 e. The number of carbonyl (C=O) groups excluding carboxylic acids is 1. The lowest BCUT2D eigenvalue weighted by atomic mass is 10.0. The number of benzene rings is 1. The SMILES string of the molecule is Cc1ccc(C(=O)COC(C)C)cc1C. The molecule has 0 fully saturated rings. The topological polar surface area (TPSA) is 26.3 Å². The highest BCUT2D eigenvalue weighted by Gasteiger charge is 2.07. The van der Waals surface area contributed by atoms with Gasteiger partial charge in [-0.15, -0.1) is 0 Å². The molecule has 1 aromatic rings. The van der Waals surface area contributed by atoms with Gasteiger partial charge in [0.25, 0.3) is 0 Å².